The Morgan fingerprint density at radius 1 is 1.45 bits per heavy atom. The molecule has 2 rings (SSSR count). The predicted molar refractivity (Wildman–Crippen MR) is 66.5 cm³/mol. The number of nitrogens with two attached hydrogens (primary N) is 1. The van der Waals surface area contributed by atoms with Gasteiger partial charge in [0.05, 0.1) is 11.1 Å². The second kappa shape index (κ2) is 5.70. The van der Waals surface area contributed by atoms with E-state index in [1.807, 2.05) is 0 Å². The minimum Gasteiger partial charge on any atom is -0.492 e. The molecule has 0 aliphatic carbocycles. The molecule has 0 aromatic heterocycles. The SMILES string of the molecule is NC(=O)c1ccc(OCC2CCCN2)cc1C(F)(F)F. The van der Waals surface area contributed by atoms with Gasteiger partial charge in [-0.1, -0.05) is 0 Å². The molecule has 1 aliphatic rings. The highest BCUT2D eigenvalue weighted by molar-refractivity contribution is 5.94. The van der Waals surface area contributed by atoms with Crippen molar-refractivity contribution in [2.24, 2.45) is 5.73 Å². The van der Waals surface area contributed by atoms with Crippen LogP contribution in [0.5, 0.6) is 5.75 Å². The summed E-state index contributed by atoms with van der Waals surface area (Å²) in [7, 11) is 0. The van der Waals surface area contributed by atoms with Gasteiger partial charge in [0.2, 0.25) is 5.91 Å². The monoisotopic (exact) mass is 288 g/mol. The van der Waals surface area contributed by atoms with E-state index in [9.17, 15) is 18.0 Å². The number of halogens is 3. The van der Waals surface area contributed by atoms with Crippen molar-refractivity contribution in [3.63, 3.8) is 0 Å². The maximum Gasteiger partial charge on any atom is 0.417 e. The van der Waals surface area contributed by atoms with Crippen LogP contribution in [-0.2, 0) is 6.18 Å². The normalized spacial score (nSPS) is 19.1. The van der Waals surface area contributed by atoms with E-state index in [1.165, 1.54) is 6.07 Å². The molecule has 1 fully saturated rings. The van der Waals surface area contributed by atoms with Crippen LogP contribution in [-0.4, -0.2) is 25.1 Å². The highest BCUT2D eigenvalue weighted by atomic mass is 19.4. The summed E-state index contributed by atoms with van der Waals surface area (Å²) in [4.78, 5) is 11.0. The minimum atomic E-state index is -4.64. The van der Waals surface area contributed by atoms with Crippen LogP contribution < -0.4 is 15.8 Å². The Bertz CT molecular complexity index is 497. The van der Waals surface area contributed by atoms with Crippen molar-refractivity contribution in [3.8, 4) is 5.75 Å². The van der Waals surface area contributed by atoms with Crippen molar-refractivity contribution >= 4 is 5.91 Å². The third kappa shape index (κ3) is 3.41. The summed E-state index contributed by atoms with van der Waals surface area (Å²) in [6, 6.07) is 3.34. The largest absolute Gasteiger partial charge is 0.492 e. The number of rotatable bonds is 4. The Hall–Kier alpha value is -1.76. The lowest BCUT2D eigenvalue weighted by Crippen LogP contribution is -2.28. The summed E-state index contributed by atoms with van der Waals surface area (Å²) < 4.78 is 43.9. The summed E-state index contributed by atoms with van der Waals surface area (Å²) >= 11 is 0. The van der Waals surface area contributed by atoms with E-state index >= 15 is 0 Å². The number of hydrogen-bond donors (Lipinski definition) is 2. The van der Waals surface area contributed by atoms with Gasteiger partial charge in [-0.2, -0.15) is 13.2 Å². The molecule has 0 radical (unpaired) electrons. The van der Waals surface area contributed by atoms with Gasteiger partial charge in [-0.3, -0.25) is 4.79 Å². The lowest BCUT2D eigenvalue weighted by molar-refractivity contribution is -0.138. The highest BCUT2D eigenvalue weighted by Crippen LogP contribution is 2.34. The van der Waals surface area contributed by atoms with Gasteiger partial charge in [-0.25, -0.2) is 0 Å². The highest BCUT2D eigenvalue weighted by Gasteiger charge is 2.35. The van der Waals surface area contributed by atoms with E-state index in [-0.39, 0.29) is 11.8 Å². The first-order valence-corrected chi connectivity index (χ1v) is 6.25. The van der Waals surface area contributed by atoms with Crippen LogP contribution in [0.3, 0.4) is 0 Å². The van der Waals surface area contributed by atoms with Gasteiger partial charge in [-0.15, -0.1) is 0 Å². The lowest BCUT2D eigenvalue weighted by atomic mass is 10.1. The van der Waals surface area contributed by atoms with Gasteiger partial charge in [0.25, 0.3) is 0 Å². The van der Waals surface area contributed by atoms with Crippen molar-refractivity contribution in [1.82, 2.24) is 5.32 Å². The Morgan fingerprint density at radius 3 is 2.75 bits per heavy atom. The number of benzene rings is 1. The molecule has 1 unspecified atom stereocenters. The topological polar surface area (TPSA) is 64.4 Å². The number of ether oxygens (including phenoxy) is 1. The molecule has 0 spiro atoms. The van der Waals surface area contributed by atoms with Crippen LogP contribution in [0.1, 0.15) is 28.8 Å². The number of carbonyl (C=O) groups is 1. The molecule has 3 N–H and O–H groups in total. The molecule has 110 valence electrons. The summed E-state index contributed by atoms with van der Waals surface area (Å²) in [5.74, 6) is -1.03. The lowest BCUT2D eigenvalue weighted by Gasteiger charge is -2.15. The summed E-state index contributed by atoms with van der Waals surface area (Å²) in [5.41, 5.74) is 3.33. The van der Waals surface area contributed by atoms with Gasteiger partial charge in [0.1, 0.15) is 12.4 Å². The van der Waals surface area contributed by atoms with Crippen LogP contribution in [0.2, 0.25) is 0 Å². The molecule has 1 aromatic rings. The molecule has 7 heteroatoms. The van der Waals surface area contributed by atoms with Crippen LogP contribution in [0, 0.1) is 0 Å². The first-order chi connectivity index (χ1) is 9.38. The maximum atomic E-state index is 12.9. The van der Waals surface area contributed by atoms with Gasteiger partial charge in [0.15, 0.2) is 0 Å². The Labute approximate surface area is 114 Å². The van der Waals surface area contributed by atoms with Crippen molar-refractivity contribution in [2.45, 2.75) is 25.1 Å². The van der Waals surface area contributed by atoms with E-state index in [0.29, 0.717) is 6.61 Å². The third-order valence-electron chi connectivity index (χ3n) is 3.18. The smallest absolute Gasteiger partial charge is 0.417 e. The maximum absolute atomic E-state index is 12.9. The number of alkyl halides is 3. The molecule has 1 saturated heterocycles. The Kier molecular flexibility index (Phi) is 4.17. The molecule has 1 aromatic carbocycles. The van der Waals surface area contributed by atoms with Gasteiger partial charge >= 0.3 is 6.18 Å². The molecule has 1 amide bonds. The number of amides is 1. The summed E-state index contributed by atoms with van der Waals surface area (Å²) in [5, 5.41) is 3.18. The number of primary amides is 1. The Balaban J connectivity index is 2.16. The molecular formula is C13H15F3N2O2. The molecule has 1 aliphatic heterocycles. The predicted octanol–water partition coefficient (Wildman–Crippen LogP) is 1.94. The Morgan fingerprint density at radius 2 is 2.20 bits per heavy atom. The van der Waals surface area contributed by atoms with Gasteiger partial charge < -0.3 is 15.8 Å². The first kappa shape index (κ1) is 14.6. The summed E-state index contributed by atoms with van der Waals surface area (Å²) in [6.45, 7) is 1.19. The molecule has 4 nitrogen and oxygen atoms in total. The number of hydrogen-bond acceptors (Lipinski definition) is 3. The zero-order valence-electron chi connectivity index (χ0n) is 10.7. The van der Waals surface area contributed by atoms with Crippen LogP contribution in [0.4, 0.5) is 13.2 Å². The second-order valence-electron chi connectivity index (χ2n) is 4.67. The minimum absolute atomic E-state index is 0.0797. The number of carbonyl (C=O) groups excluding carboxylic acids is 1. The fourth-order valence-corrected chi connectivity index (χ4v) is 2.16. The zero-order chi connectivity index (χ0) is 14.8. The van der Waals surface area contributed by atoms with E-state index in [0.717, 1.165) is 31.5 Å². The van der Waals surface area contributed by atoms with E-state index in [1.54, 1.807) is 0 Å². The quantitative estimate of drug-likeness (QED) is 0.890. The molecule has 20 heavy (non-hydrogen) atoms. The average molecular weight is 288 g/mol. The molecule has 0 saturated carbocycles. The molecule has 1 heterocycles. The fourth-order valence-electron chi connectivity index (χ4n) is 2.16. The fraction of sp³-hybridized carbons (Fsp3) is 0.462. The van der Waals surface area contributed by atoms with Crippen molar-refractivity contribution in [2.75, 3.05) is 13.2 Å². The molecule has 1 atom stereocenters. The van der Waals surface area contributed by atoms with Crippen molar-refractivity contribution in [1.29, 1.82) is 0 Å². The standard InChI is InChI=1S/C13H15F3N2O2/c14-13(15,16)11-6-9(3-4-10(11)12(17)19)20-7-8-2-1-5-18-8/h3-4,6,8,18H,1-2,5,7H2,(H2,17,19). The second-order valence-corrected chi connectivity index (χ2v) is 4.67. The van der Waals surface area contributed by atoms with Gasteiger partial charge in [0, 0.05) is 6.04 Å². The van der Waals surface area contributed by atoms with Crippen molar-refractivity contribution in [3.05, 3.63) is 29.3 Å². The van der Waals surface area contributed by atoms with Gasteiger partial charge in [-0.05, 0) is 37.6 Å². The van der Waals surface area contributed by atoms with E-state index in [2.05, 4.69) is 5.32 Å². The van der Waals surface area contributed by atoms with Crippen LogP contribution >= 0.6 is 0 Å². The van der Waals surface area contributed by atoms with E-state index in [4.69, 9.17) is 10.5 Å². The zero-order valence-corrected chi connectivity index (χ0v) is 10.7. The third-order valence-corrected chi connectivity index (χ3v) is 3.18. The van der Waals surface area contributed by atoms with Crippen LogP contribution in [0.25, 0.3) is 0 Å². The van der Waals surface area contributed by atoms with Crippen molar-refractivity contribution < 1.29 is 22.7 Å². The average Bonchev–Trinajstić information content (AvgIpc) is 2.88. The molecule has 0 bridgehead atoms. The van der Waals surface area contributed by atoms with E-state index < -0.39 is 23.2 Å². The number of nitrogens with one attached hydrogen (secondary N) is 1. The summed E-state index contributed by atoms with van der Waals surface area (Å²) in [6.07, 6.45) is -2.68. The first-order valence-electron chi connectivity index (χ1n) is 6.25. The van der Waals surface area contributed by atoms with Crippen LogP contribution in [0.15, 0.2) is 18.2 Å². The molecular weight excluding hydrogens is 273 g/mol.